The second-order valence-electron chi connectivity index (χ2n) is 5.07. The summed E-state index contributed by atoms with van der Waals surface area (Å²) in [6.07, 6.45) is 5.83. The molecule has 0 nitrogen and oxygen atoms in total. The molecular formula is C16H25Br. The minimum atomic E-state index is 0.952. The molecule has 0 aromatic heterocycles. The topological polar surface area (TPSA) is 0 Å². The number of aryl methyl sites for hydroxylation is 1. The Morgan fingerprint density at radius 1 is 1.12 bits per heavy atom. The molecule has 0 heterocycles. The maximum atomic E-state index is 3.38. The highest BCUT2D eigenvalue weighted by molar-refractivity contribution is 9.08. The zero-order chi connectivity index (χ0) is 12.7. The molecule has 0 amide bonds. The molecule has 2 unspecified atom stereocenters. The first-order valence-corrected chi connectivity index (χ1v) is 7.94. The van der Waals surface area contributed by atoms with Crippen molar-refractivity contribution >= 4 is 15.9 Å². The van der Waals surface area contributed by atoms with Gasteiger partial charge in [0, 0.05) is 5.33 Å². The number of hydrogen-bond acceptors (Lipinski definition) is 0. The highest BCUT2D eigenvalue weighted by Gasteiger charge is 2.33. The predicted molar refractivity (Wildman–Crippen MR) is 80.6 cm³/mol. The highest BCUT2D eigenvalue weighted by Crippen LogP contribution is 2.43. The van der Waals surface area contributed by atoms with E-state index in [9.17, 15) is 0 Å². The minimum Gasteiger partial charge on any atom is -0.0876 e. The number of hydrogen-bond donors (Lipinski definition) is 0. The lowest BCUT2D eigenvalue weighted by Gasteiger charge is -1.93. The van der Waals surface area contributed by atoms with Crippen molar-refractivity contribution in [3.05, 3.63) is 35.4 Å². The molecular weight excluding hydrogens is 272 g/mol. The Morgan fingerprint density at radius 2 is 1.76 bits per heavy atom. The van der Waals surface area contributed by atoms with Gasteiger partial charge in [-0.3, -0.25) is 0 Å². The summed E-state index contributed by atoms with van der Waals surface area (Å²) in [6, 6.07) is 8.50. The average molecular weight is 297 g/mol. The monoisotopic (exact) mass is 296 g/mol. The van der Waals surface area contributed by atoms with Crippen LogP contribution in [0, 0.1) is 18.8 Å². The summed E-state index contributed by atoms with van der Waals surface area (Å²) in [6.45, 7) is 6.68. The Hall–Kier alpha value is -0.300. The van der Waals surface area contributed by atoms with Crippen LogP contribution in [0.4, 0.5) is 0 Å². The molecule has 2 rings (SSSR count). The molecule has 1 aliphatic carbocycles. The molecule has 1 aromatic carbocycles. The molecule has 1 aliphatic rings. The number of halogens is 1. The second kappa shape index (κ2) is 7.92. The predicted octanol–water partition coefficient (Wildman–Crippen LogP) is 5.72. The van der Waals surface area contributed by atoms with Crippen LogP contribution in [0.5, 0.6) is 0 Å². The Morgan fingerprint density at radius 3 is 2.18 bits per heavy atom. The van der Waals surface area contributed by atoms with Gasteiger partial charge in [-0.15, -0.1) is 0 Å². The van der Waals surface area contributed by atoms with Crippen LogP contribution in [0.3, 0.4) is 0 Å². The molecule has 0 bridgehead atoms. The van der Waals surface area contributed by atoms with Crippen molar-refractivity contribution in [2.75, 3.05) is 0 Å². The zero-order valence-electron chi connectivity index (χ0n) is 11.4. The van der Waals surface area contributed by atoms with Crippen LogP contribution in [0.2, 0.25) is 0 Å². The maximum Gasteiger partial charge on any atom is 0.0283 e. The van der Waals surface area contributed by atoms with Crippen LogP contribution >= 0.6 is 15.9 Å². The van der Waals surface area contributed by atoms with E-state index in [4.69, 9.17) is 0 Å². The van der Waals surface area contributed by atoms with Crippen molar-refractivity contribution in [1.29, 1.82) is 0 Å². The maximum absolute atomic E-state index is 3.38. The van der Waals surface area contributed by atoms with E-state index in [1.54, 1.807) is 0 Å². The molecule has 0 N–H and O–H groups in total. The van der Waals surface area contributed by atoms with Crippen LogP contribution in [-0.2, 0) is 5.33 Å². The van der Waals surface area contributed by atoms with E-state index in [0.717, 1.165) is 17.2 Å². The normalized spacial score (nSPS) is 21.6. The third-order valence-electron chi connectivity index (χ3n) is 3.53. The first kappa shape index (κ1) is 14.8. The standard InChI is InChI=1S/C8H9Br.C8H16/c1-7-2-4-8(6-9)5-3-7;1-3-5-8-6-7(8)4-2/h2-5H,6H2,1H3;7-8H,3-6H2,1-2H3. The molecule has 1 aromatic rings. The van der Waals surface area contributed by atoms with Gasteiger partial charge < -0.3 is 0 Å². The lowest BCUT2D eigenvalue weighted by atomic mass is 10.2. The molecule has 0 spiro atoms. The molecule has 2 atom stereocenters. The van der Waals surface area contributed by atoms with Crippen LogP contribution < -0.4 is 0 Å². The van der Waals surface area contributed by atoms with Crippen molar-refractivity contribution in [2.45, 2.75) is 51.8 Å². The zero-order valence-corrected chi connectivity index (χ0v) is 13.0. The first-order chi connectivity index (χ1) is 8.21. The van der Waals surface area contributed by atoms with Crippen LogP contribution in [0.15, 0.2) is 24.3 Å². The van der Waals surface area contributed by atoms with Crippen LogP contribution in [0.25, 0.3) is 0 Å². The van der Waals surface area contributed by atoms with Gasteiger partial charge in [0.05, 0.1) is 0 Å². The first-order valence-electron chi connectivity index (χ1n) is 6.82. The van der Waals surface area contributed by atoms with E-state index in [1.165, 1.54) is 36.8 Å². The van der Waals surface area contributed by atoms with Gasteiger partial charge in [0.2, 0.25) is 0 Å². The largest absolute Gasteiger partial charge is 0.0876 e. The Kier molecular flexibility index (Phi) is 6.87. The fourth-order valence-corrected chi connectivity index (χ4v) is 2.59. The van der Waals surface area contributed by atoms with E-state index in [1.807, 2.05) is 0 Å². The summed E-state index contributed by atoms with van der Waals surface area (Å²) in [4.78, 5) is 0. The number of rotatable bonds is 4. The van der Waals surface area contributed by atoms with Crippen molar-refractivity contribution in [3.63, 3.8) is 0 Å². The second-order valence-corrected chi connectivity index (χ2v) is 5.63. The van der Waals surface area contributed by atoms with E-state index in [-0.39, 0.29) is 0 Å². The smallest absolute Gasteiger partial charge is 0.0283 e. The van der Waals surface area contributed by atoms with Crippen LogP contribution in [-0.4, -0.2) is 0 Å². The Bertz CT molecular complexity index is 302. The fraction of sp³-hybridized carbons (Fsp3) is 0.625. The molecule has 0 aliphatic heterocycles. The molecule has 0 radical (unpaired) electrons. The van der Waals surface area contributed by atoms with E-state index in [2.05, 4.69) is 61.0 Å². The lowest BCUT2D eigenvalue weighted by molar-refractivity contribution is 0.621. The van der Waals surface area contributed by atoms with Crippen molar-refractivity contribution < 1.29 is 0 Å². The highest BCUT2D eigenvalue weighted by atomic mass is 79.9. The molecule has 1 heteroatoms. The van der Waals surface area contributed by atoms with E-state index in [0.29, 0.717) is 0 Å². The van der Waals surface area contributed by atoms with Gasteiger partial charge in [-0.1, -0.05) is 78.9 Å². The number of alkyl halides is 1. The minimum absolute atomic E-state index is 0.952. The van der Waals surface area contributed by atoms with E-state index >= 15 is 0 Å². The van der Waals surface area contributed by atoms with Crippen molar-refractivity contribution in [1.82, 2.24) is 0 Å². The summed E-state index contributed by atoms with van der Waals surface area (Å²) in [5, 5.41) is 0.952. The van der Waals surface area contributed by atoms with Gasteiger partial charge in [-0.2, -0.15) is 0 Å². The third-order valence-corrected chi connectivity index (χ3v) is 4.18. The van der Waals surface area contributed by atoms with Gasteiger partial charge in [-0.05, 0) is 30.7 Å². The summed E-state index contributed by atoms with van der Waals surface area (Å²) in [5.41, 5.74) is 2.65. The molecule has 0 saturated heterocycles. The molecule has 1 saturated carbocycles. The van der Waals surface area contributed by atoms with Gasteiger partial charge in [0.1, 0.15) is 0 Å². The lowest BCUT2D eigenvalue weighted by Crippen LogP contribution is -1.77. The Labute approximate surface area is 115 Å². The van der Waals surface area contributed by atoms with Crippen molar-refractivity contribution in [2.24, 2.45) is 11.8 Å². The summed E-state index contributed by atoms with van der Waals surface area (Å²) >= 11 is 3.38. The van der Waals surface area contributed by atoms with Gasteiger partial charge in [-0.25, -0.2) is 0 Å². The molecule has 1 fully saturated rings. The van der Waals surface area contributed by atoms with E-state index < -0.39 is 0 Å². The molecule has 96 valence electrons. The quantitative estimate of drug-likeness (QED) is 0.623. The van der Waals surface area contributed by atoms with Gasteiger partial charge in [0.15, 0.2) is 0 Å². The molecule has 17 heavy (non-hydrogen) atoms. The SMILES string of the molecule is CCCC1CC1CC.Cc1ccc(CBr)cc1. The fourth-order valence-electron chi connectivity index (χ4n) is 2.21. The summed E-state index contributed by atoms with van der Waals surface area (Å²) < 4.78 is 0. The Balaban J connectivity index is 0.000000171. The average Bonchev–Trinajstić information content (AvgIpc) is 3.10. The van der Waals surface area contributed by atoms with Crippen LogP contribution in [0.1, 0.15) is 50.7 Å². The number of benzene rings is 1. The summed E-state index contributed by atoms with van der Waals surface area (Å²) in [5.74, 6) is 2.25. The van der Waals surface area contributed by atoms with Crippen molar-refractivity contribution in [3.8, 4) is 0 Å². The third kappa shape index (κ3) is 5.72. The van der Waals surface area contributed by atoms with Gasteiger partial charge in [0.25, 0.3) is 0 Å². The van der Waals surface area contributed by atoms with Gasteiger partial charge >= 0.3 is 0 Å². The summed E-state index contributed by atoms with van der Waals surface area (Å²) in [7, 11) is 0.